The number of thiophene rings is 1. The number of hydrogen-bond acceptors (Lipinski definition) is 5. The number of rotatable bonds is 6. The van der Waals surface area contributed by atoms with Crippen LogP contribution in [0.25, 0.3) is 11.1 Å². The summed E-state index contributed by atoms with van der Waals surface area (Å²) in [5, 5.41) is 2.78. The SMILES string of the molecule is O=C(Cn1c(=O)oc2ccccc21)NCc1ccc(C(=O)c2ccccc2)s1. The summed E-state index contributed by atoms with van der Waals surface area (Å²) >= 11 is 1.34. The Hall–Kier alpha value is -3.45. The van der Waals surface area contributed by atoms with Crippen molar-refractivity contribution in [3.8, 4) is 0 Å². The van der Waals surface area contributed by atoms with E-state index in [2.05, 4.69) is 5.32 Å². The van der Waals surface area contributed by atoms with Gasteiger partial charge in [-0.1, -0.05) is 42.5 Å². The van der Waals surface area contributed by atoms with E-state index >= 15 is 0 Å². The molecule has 0 unspecified atom stereocenters. The van der Waals surface area contributed by atoms with Gasteiger partial charge in [-0.3, -0.25) is 14.2 Å². The van der Waals surface area contributed by atoms with Crippen LogP contribution >= 0.6 is 11.3 Å². The molecule has 1 amide bonds. The van der Waals surface area contributed by atoms with Gasteiger partial charge in [0, 0.05) is 10.4 Å². The molecule has 6 nitrogen and oxygen atoms in total. The molecule has 0 aliphatic carbocycles. The molecule has 2 aromatic carbocycles. The number of benzene rings is 2. The Bertz CT molecular complexity index is 1200. The van der Waals surface area contributed by atoms with Crippen molar-refractivity contribution in [1.82, 2.24) is 9.88 Å². The summed E-state index contributed by atoms with van der Waals surface area (Å²) < 4.78 is 6.42. The lowest BCUT2D eigenvalue weighted by Gasteiger charge is -2.04. The zero-order valence-corrected chi connectivity index (χ0v) is 15.6. The van der Waals surface area contributed by atoms with Gasteiger partial charge in [-0.2, -0.15) is 0 Å². The highest BCUT2D eigenvalue weighted by Gasteiger charge is 2.14. The number of oxazole rings is 1. The molecule has 0 saturated heterocycles. The molecular weight excluding hydrogens is 376 g/mol. The number of para-hydroxylation sites is 2. The van der Waals surface area contributed by atoms with Crippen LogP contribution in [-0.2, 0) is 17.9 Å². The summed E-state index contributed by atoms with van der Waals surface area (Å²) in [4.78, 5) is 38.1. The molecule has 0 atom stereocenters. The molecule has 0 aliphatic rings. The molecule has 0 bridgehead atoms. The first kappa shape index (κ1) is 17.9. The molecule has 140 valence electrons. The van der Waals surface area contributed by atoms with E-state index in [1.54, 1.807) is 42.5 Å². The van der Waals surface area contributed by atoms with Crippen LogP contribution in [0.15, 0.2) is 75.9 Å². The van der Waals surface area contributed by atoms with Gasteiger partial charge in [0.25, 0.3) is 0 Å². The third kappa shape index (κ3) is 3.65. The van der Waals surface area contributed by atoms with Crippen molar-refractivity contribution in [2.24, 2.45) is 0 Å². The van der Waals surface area contributed by atoms with Gasteiger partial charge in [-0.05, 0) is 24.3 Å². The fraction of sp³-hybridized carbons (Fsp3) is 0.0952. The monoisotopic (exact) mass is 392 g/mol. The molecule has 4 aromatic rings. The van der Waals surface area contributed by atoms with Crippen molar-refractivity contribution in [3.63, 3.8) is 0 Å². The largest absolute Gasteiger partial charge is 0.420 e. The maximum absolute atomic E-state index is 12.4. The van der Waals surface area contributed by atoms with Crippen molar-refractivity contribution in [2.45, 2.75) is 13.1 Å². The molecule has 2 aromatic heterocycles. The lowest BCUT2D eigenvalue weighted by atomic mass is 10.1. The summed E-state index contributed by atoms with van der Waals surface area (Å²) in [5.74, 6) is -0.916. The molecule has 0 fully saturated rings. The zero-order valence-electron chi connectivity index (χ0n) is 14.8. The molecule has 4 rings (SSSR count). The van der Waals surface area contributed by atoms with E-state index in [1.807, 2.05) is 24.3 Å². The average molecular weight is 392 g/mol. The van der Waals surface area contributed by atoms with Gasteiger partial charge in [0.15, 0.2) is 5.58 Å². The fourth-order valence-electron chi connectivity index (χ4n) is 2.88. The van der Waals surface area contributed by atoms with E-state index in [4.69, 9.17) is 4.42 Å². The number of fused-ring (bicyclic) bond motifs is 1. The van der Waals surface area contributed by atoms with Crippen LogP contribution in [0, 0.1) is 0 Å². The van der Waals surface area contributed by atoms with Gasteiger partial charge in [0.1, 0.15) is 6.54 Å². The van der Waals surface area contributed by atoms with Crippen LogP contribution in [0.1, 0.15) is 20.1 Å². The lowest BCUT2D eigenvalue weighted by Crippen LogP contribution is -2.30. The van der Waals surface area contributed by atoms with Crippen molar-refractivity contribution in [1.29, 1.82) is 0 Å². The summed E-state index contributed by atoms with van der Waals surface area (Å²) in [7, 11) is 0. The van der Waals surface area contributed by atoms with Gasteiger partial charge in [-0.15, -0.1) is 11.3 Å². The third-order valence-electron chi connectivity index (χ3n) is 4.26. The van der Waals surface area contributed by atoms with E-state index in [0.29, 0.717) is 21.5 Å². The quantitative estimate of drug-likeness (QED) is 0.511. The fourth-order valence-corrected chi connectivity index (χ4v) is 3.79. The van der Waals surface area contributed by atoms with Gasteiger partial charge in [0.05, 0.1) is 16.9 Å². The van der Waals surface area contributed by atoms with Crippen LogP contribution in [0.3, 0.4) is 0 Å². The van der Waals surface area contributed by atoms with Gasteiger partial charge >= 0.3 is 5.76 Å². The second-order valence-corrected chi connectivity index (χ2v) is 7.33. The number of carbonyl (C=O) groups excluding carboxylic acids is 2. The first-order valence-electron chi connectivity index (χ1n) is 8.65. The molecule has 1 N–H and O–H groups in total. The normalized spacial score (nSPS) is 10.9. The van der Waals surface area contributed by atoms with Crippen molar-refractivity contribution in [3.05, 3.63) is 92.6 Å². The van der Waals surface area contributed by atoms with Crippen LogP contribution in [0.5, 0.6) is 0 Å². The third-order valence-corrected chi connectivity index (χ3v) is 5.34. The molecular formula is C21H16N2O4S. The topological polar surface area (TPSA) is 81.3 Å². The molecule has 0 saturated carbocycles. The van der Waals surface area contributed by atoms with Crippen LogP contribution in [-0.4, -0.2) is 16.3 Å². The Kier molecular flexibility index (Phi) is 4.90. The number of nitrogens with one attached hydrogen (secondary N) is 1. The minimum absolute atomic E-state index is 0.0420. The minimum atomic E-state index is -0.566. The minimum Gasteiger partial charge on any atom is -0.408 e. The molecule has 7 heteroatoms. The van der Waals surface area contributed by atoms with Crippen LogP contribution < -0.4 is 11.1 Å². The van der Waals surface area contributed by atoms with Crippen molar-refractivity contribution in [2.75, 3.05) is 0 Å². The molecule has 28 heavy (non-hydrogen) atoms. The van der Waals surface area contributed by atoms with Crippen molar-refractivity contribution < 1.29 is 14.0 Å². The second-order valence-electron chi connectivity index (χ2n) is 6.16. The zero-order chi connectivity index (χ0) is 19.5. The molecule has 0 radical (unpaired) electrons. The number of aromatic nitrogens is 1. The predicted molar refractivity (Wildman–Crippen MR) is 107 cm³/mol. The predicted octanol–water partition coefficient (Wildman–Crippen LogP) is 3.20. The Morgan fingerprint density at radius 2 is 1.71 bits per heavy atom. The van der Waals surface area contributed by atoms with Gasteiger partial charge in [0.2, 0.25) is 11.7 Å². The number of amides is 1. The number of nitrogens with zero attached hydrogens (tertiary/aromatic N) is 1. The summed E-state index contributed by atoms with van der Waals surface area (Å²) in [6.45, 7) is 0.160. The summed E-state index contributed by atoms with van der Waals surface area (Å²) in [6, 6.07) is 19.6. The van der Waals surface area contributed by atoms with Gasteiger partial charge < -0.3 is 9.73 Å². The smallest absolute Gasteiger partial charge is 0.408 e. The average Bonchev–Trinajstić information content (AvgIpc) is 3.31. The molecule has 0 aliphatic heterocycles. The van der Waals surface area contributed by atoms with Crippen LogP contribution in [0.2, 0.25) is 0 Å². The van der Waals surface area contributed by atoms with E-state index in [1.165, 1.54) is 15.9 Å². The standard InChI is InChI=1S/C21H16N2O4S/c24-19(13-23-16-8-4-5-9-17(16)27-21(23)26)22-12-15-10-11-18(28-15)20(25)14-6-2-1-3-7-14/h1-11H,12-13H2,(H,22,24). The Morgan fingerprint density at radius 3 is 2.54 bits per heavy atom. The van der Waals surface area contributed by atoms with Gasteiger partial charge in [-0.25, -0.2) is 4.79 Å². The highest BCUT2D eigenvalue weighted by atomic mass is 32.1. The van der Waals surface area contributed by atoms with E-state index in [9.17, 15) is 14.4 Å². The Morgan fingerprint density at radius 1 is 0.964 bits per heavy atom. The summed E-state index contributed by atoms with van der Waals surface area (Å²) in [5.41, 5.74) is 1.66. The Labute approximate surface area is 164 Å². The lowest BCUT2D eigenvalue weighted by molar-refractivity contribution is -0.121. The first-order chi connectivity index (χ1) is 13.6. The maximum Gasteiger partial charge on any atom is 0.420 e. The highest BCUT2D eigenvalue weighted by molar-refractivity contribution is 7.14. The van der Waals surface area contributed by atoms with Crippen LogP contribution in [0.4, 0.5) is 0 Å². The number of hydrogen-bond donors (Lipinski definition) is 1. The molecule has 2 heterocycles. The van der Waals surface area contributed by atoms with E-state index < -0.39 is 5.76 Å². The number of carbonyl (C=O) groups is 2. The van der Waals surface area contributed by atoms with Crippen molar-refractivity contribution >= 4 is 34.1 Å². The molecule has 0 spiro atoms. The first-order valence-corrected chi connectivity index (χ1v) is 9.47. The van der Waals surface area contributed by atoms with E-state index in [0.717, 1.165) is 4.88 Å². The Balaban J connectivity index is 1.40. The second kappa shape index (κ2) is 7.66. The number of ketones is 1. The highest BCUT2D eigenvalue weighted by Crippen LogP contribution is 2.20. The summed E-state index contributed by atoms with van der Waals surface area (Å²) in [6.07, 6.45) is 0. The maximum atomic E-state index is 12.4. The van der Waals surface area contributed by atoms with E-state index in [-0.39, 0.29) is 24.8 Å².